The molecule has 6 unspecified atom stereocenters. The first-order valence-electron chi connectivity index (χ1n) is 8.96. The van der Waals surface area contributed by atoms with Crippen LogP contribution in [0.4, 0.5) is 0 Å². The number of rotatable bonds is 4. The van der Waals surface area contributed by atoms with E-state index in [0.29, 0.717) is 23.3 Å². The zero-order chi connectivity index (χ0) is 18.0. The first-order chi connectivity index (χ1) is 12.6. The minimum atomic E-state index is -0.219. The minimum Gasteiger partial charge on any atom is -0.493 e. The Kier molecular flexibility index (Phi) is 3.26. The lowest BCUT2D eigenvalue weighted by Crippen LogP contribution is -2.40. The molecule has 26 heavy (non-hydrogen) atoms. The molecule has 1 aromatic carbocycles. The summed E-state index contributed by atoms with van der Waals surface area (Å²) in [5.41, 5.74) is 0.738. The molecule has 0 spiro atoms. The summed E-state index contributed by atoms with van der Waals surface area (Å²) in [6.45, 7) is 0. The van der Waals surface area contributed by atoms with Gasteiger partial charge in [-0.05, 0) is 53.9 Å². The molecule has 1 aromatic rings. The molecule has 0 aromatic heterocycles. The van der Waals surface area contributed by atoms with Crippen molar-refractivity contribution in [2.24, 2.45) is 40.6 Å². The molecule has 3 fully saturated rings. The molecule has 5 aliphatic rings. The third-order valence-electron chi connectivity index (χ3n) is 6.37. The number of hydrogen-bond acceptors (Lipinski definition) is 5. The van der Waals surface area contributed by atoms with Crippen LogP contribution in [0.1, 0.15) is 12.0 Å². The van der Waals surface area contributed by atoms with Gasteiger partial charge in [-0.2, -0.15) is 10.1 Å². The van der Waals surface area contributed by atoms with Gasteiger partial charge < -0.3 is 9.47 Å². The smallest absolute Gasteiger partial charge is 0.254 e. The molecular weight excluding hydrogens is 332 g/mol. The number of carbonyl (C=O) groups excluding carboxylic acids is 2. The molecule has 0 radical (unpaired) electrons. The molecule has 1 aliphatic heterocycles. The fourth-order valence-electron chi connectivity index (χ4n) is 5.11. The average Bonchev–Trinajstić information content (AvgIpc) is 3.45. The van der Waals surface area contributed by atoms with Gasteiger partial charge >= 0.3 is 0 Å². The number of imide groups is 1. The number of hydrazone groups is 1. The number of ether oxygens (including phenoxy) is 2. The van der Waals surface area contributed by atoms with E-state index in [1.165, 1.54) is 6.21 Å². The molecule has 1 saturated heterocycles. The van der Waals surface area contributed by atoms with Crippen molar-refractivity contribution in [3.63, 3.8) is 0 Å². The van der Waals surface area contributed by atoms with E-state index in [1.54, 1.807) is 26.4 Å². The van der Waals surface area contributed by atoms with Crippen molar-refractivity contribution in [1.82, 2.24) is 5.01 Å². The Hall–Kier alpha value is -2.63. The summed E-state index contributed by atoms with van der Waals surface area (Å²) in [5.74, 6) is 2.07. The maximum absolute atomic E-state index is 12.9. The standard InChI is InChI=1S/C20H20N2O4/c1-25-15-6-3-10(7-16(15)26-2)9-21-22-19(23)17-11-4-5-12(14-8-13(11)14)18(17)20(22)24/h3-7,9,11-14,17-18H,8H2,1-2H3/b21-9+. The average molecular weight is 352 g/mol. The van der Waals surface area contributed by atoms with Gasteiger partial charge in [-0.25, -0.2) is 0 Å². The SMILES string of the molecule is COc1ccc(/C=N/N2C(=O)C3C4C=CC(C5CC45)C3C2=O)cc1OC. The second-order valence-electron chi connectivity index (χ2n) is 7.50. The molecule has 6 heteroatoms. The molecule has 134 valence electrons. The third kappa shape index (κ3) is 2.01. The fourth-order valence-corrected chi connectivity index (χ4v) is 5.11. The highest BCUT2D eigenvalue weighted by Gasteiger charge is 2.67. The molecular formula is C20H20N2O4. The first kappa shape index (κ1) is 15.6. The van der Waals surface area contributed by atoms with Gasteiger partial charge in [0, 0.05) is 0 Å². The number of benzene rings is 1. The second kappa shape index (κ2) is 5.43. The predicted molar refractivity (Wildman–Crippen MR) is 93.7 cm³/mol. The molecule has 1 heterocycles. The summed E-state index contributed by atoms with van der Waals surface area (Å²) in [4.78, 5) is 25.7. The predicted octanol–water partition coefficient (Wildman–Crippen LogP) is 2.09. The summed E-state index contributed by atoms with van der Waals surface area (Å²) >= 11 is 0. The molecule has 2 saturated carbocycles. The second-order valence-corrected chi connectivity index (χ2v) is 7.50. The highest BCUT2D eigenvalue weighted by molar-refractivity contribution is 6.06. The number of carbonyl (C=O) groups is 2. The molecule has 6 rings (SSSR count). The Balaban J connectivity index is 1.41. The Labute approximate surface area is 151 Å². The van der Waals surface area contributed by atoms with Crippen molar-refractivity contribution < 1.29 is 19.1 Å². The van der Waals surface area contributed by atoms with Crippen LogP contribution in [0.25, 0.3) is 0 Å². The summed E-state index contributed by atoms with van der Waals surface area (Å²) in [7, 11) is 3.13. The Bertz CT molecular complexity index is 825. The van der Waals surface area contributed by atoms with Gasteiger partial charge in [0.15, 0.2) is 11.5 Å². The minimum absolute atomic E-state index is 0.151. The molecule has 6 nitrogen and oxygen atoms in total. The lowest BCUT2D eigenvalue weighted by molar-refractivity contribution is -0.140. The van der Waals surface area contributed by atoms with Gasteiger partial charge in [-0.3, -0.25) is 9.59 Å². The van der Waals surface area contributed by atoms with Gasteiger partial charge in [0.1, 0.15) is 0 Å². The largest absolute Gasteiger partial charge is 0.493 e. The Morgan fingerprint density at radius 2 is 1.62 bits per heavy atom. The van der Waals surface area contributed by atoms with Crippen LogP contribution < -0.4 is 9.47 Å². The van der Waals surface area contributed by atoms with Crippen LogP contribution in [0.5, 0.6) is 11.5 Å². The van der Waals surface area contributed by atoms with Crippen LogP contribution in [0.2, 0.25) is 0 Å². The summed E-state index contributed by atoms with van der Waals surface area (Å²) in [6.07, 6.45) is 7.01. The van der Waals surface area contributed by atoms with Gasteiger partial charge in [0.2, 0.25) is 0 Å². The summed E-state index contributed by atoms with van der Waals surface area (Å²) in [5, 5.41) is 5.32. The van der Waals surface area contributed by atoms with Crippen molar-refractivity contribution >= 4 is 18.0 Å². The van der Waals surface area contributed by atoms with Crippen molar-refractivity contribution in [1.29, 1.82) is 0 Å². The van der Waals surface area contributed by atoms with Crippen LogP contribution in [0.15, 0.2) is 35.5 Å². The van der Waals surface area contributed by atoms with E-state index in [-0.39, 0.29) is 35.5 Å². The first-order valence-corrected chi connectivity index (χ1v) is 8.96. The lowest BCUT2D eigenvalue weighted by Gasteiger charge is -2.37. The molecule has 2 bridgehead atoms. The van der Waals surface area contributed by atoms with Gasteiger partial charge in [0.05, 0.1) is 32.3 Å². The van der Waals surface area contributed by atoms with E-state index in [0.717, 1.165) is 17.0 Å². The topological polar surface area (TPSA) is 68.2 Å². The van der Waals surface area contributed by atoms with Gasteiger partial charge in [-0.15, -0.1) is 0 Å². The van der Waals surface area contributed by atoms with E-state index in [9.17, 15) is 9.59 Å². The van der Waals surface area contributed by atoms with Crippen molar-refractivity contribution in [3.05, 3.63) is 35.9 Å². The molecule has 0 N–H and O–H groups in total. The van der Waals surface area contributed by atoms with E-state index < -0.39 is 0 Å². The normalized spacial score (nSPS) is 36.5. The van der Waals surface area contributed by atoms with Crippen molar-refractivity contribution in [2.75, 3.05) is 14.2 Å². The Morgan fingerprint density at radius 3 is 2.19 bits per heavy atom. The van der Waals surface area contributed by atoms with Gasteiger partial charge in [-0.1, -0.05) is 12.2 Å². The highest BCUT2D eigenvalue weighted by atomic mass is 16.5. The van der Waals surface area contributed by atoms with Gasteiger partial charge in [0.25, 0.3) is 11.8 Å². The van der Waals surface area contributed by atoms with Crippen LogP contribution in [0.3, 0.4) is 0 Å². The number of allylic oxidation sites excluding steroid dienone is 2. The maximum Gasteiger partial charge on any atom is 0.254 e. The Morgan fingerprint density at radius 1 is 1.00 bits per heavy atom. The van der Waals surface area contributed by atoms with E-state index >= 15 is 0 Å². The third-order valence-corrected chi connectivity index (χ3v) is 6.37. The van der Waals surface area contributed by atoms with Crippen LogP contribution >= 0.6 is 0 Å². The summed E-state index contributed by atoms with van der Waals surface area (Å²) in [6, 6.07) is 5.34. The van der Waals surface area contributed by atoms with E-state index in [4.69, 9.17) is 9.47 Å². The van der Waals surface area contributed by atoms with Crippen molar-refractivity contribution in [2.45, 2.75) is 6.42 Å². The van der Waals surface area contributed by atoms with Crippen molar-refractivity contribution in [3.8, 4) is 11.5 Å². The number of nitrogens with zero attached hydrogens (tertiary/aromatic N) is 2. The number of amides is 2. The molecule has 2 amide bonds. The zero-order valence-electron chi connectivity index (χ0n) is 14.7. The van der Waals surface area contributed by atoms with E-state index in [1.807, 2.05) is 6.07 Å². The zero-order valence-corrected chi connectivity index (χ0v) is 14.7. The highest BCUT2D eigenvalue weighted by Crippen LogP contribution is 2.65. The lowest BCUT2D eigenvalue weighted by atomic mass is 9.63. The van der Waals surface area contributed by atoms with Crippen LogP contribution in [0, 0.1) is 35.5 Å². The summed E-state index contributed by atoms with van der Waals surface area (Å²) < 4.78 is 10.5. The van der Waals surface area contributed by atoms with Crippen LogP contribution in [-0.4, -0.2) is 37.3 Å². The van der Waals surface area contributed by atoms with Crippen LogP contribution in [-0.2, 0) is 9.59 Å². The fraction of sp³-hybridized carbons (Fsp3) is 0.450. The number of hydrogen-bond donors (Lipinski definition) is 0. The maximum atomic E-state index is 12.9. The molecule has 4 aliphatic carbocycles. The monoisotopic (exact) mass is 352 g/mol. The quantitative estimate of drug-likeness (QED) is 0.473. The van der Waals surface area contributed by atoms with E-state index in [2.05, 4.69) is 17.3 Å². The number of methoxy groups -OCH3 is 2. The molecule has 6 atom stereocenters.